The molecule has 0 atom stereocenters. The van der Waals surface area contributed by atoms with Crippen molar-refractivity contribution in [2.24, 2.45) is 0 Å². The van der Waals surface area contributed by atoms with Crippen LogP contribution in [0.3, 0.4) is 0 Å². The van der Waals surface area contributed by atoms with Gasteiger partial charge in [-0.1, -0.05) is 95.4 Å². The highest BCUT2D eigenvalue weighted by atomic mass is 16.5. The van der Waals surface area contributed by atoms with E-state index in [1.165, 1.54) is 57.8 Å². The molecule has 0 spiro atoms. The van der Waals surface area contributed by atoms with E-state index in [0.29, 0.717) is 12.4 Å². The van der Waals surface area contributed by atoms with E-state index in [2.05, 4.69) is 6.92 Å². The number of carbonyl (C=O) groups is 2. The minimum absolute atomic E-state index is 0.220. The van der Waals surface area contributed by atoms with E-state index in [0.717, 1.165) is 18.4 Å². The summed E-state index contributed by atoms with van der Waals surface area (Å²) in [5.41, 5.74) is 1.46. The second kappa shape index (κ2) is 15.2. The van der Waals surface area contributed by atoms with Crippen molar-refractivity contribution in [3.63, 3.8) is 0 Å². The minimum atomic E-state index is -0.558. The molecule has 0 saturated carbocycles. The molecule has 0 aliphatic heterocycles. The summed E-state index contributed by atoms with van der Waals surface area (Å²) in [5, 5.41) is 0. The molecule has 4 nitrogen and oxygen atoms in total. The van der Waals surface area contributed by atoms with Crippen LogP contribution >= 0.6 is 0 Å². The summed E-state index contributed by atoms with van der Waals surface area (Å²) in [6, 6.07) is 13.9. The largest absolute Gasteiger partial charge is 0.462 e. The summed E-state index contributed by atoms with van der Waals surface area (Å²) in [6.45, 7) is 4.55. The van der Waals surface area contributed by atoms with E-state index in [-0.39, 0.29) is 11.1 Å². The van der Waals surface area contributed by atoms with Crippen LogP contribution in [-0.4, -0.2) is 18.5 Å². The maximum atomic E-state index is 12.6. The van der Waals surface area contributed by atoms with Crippen molar-refractivity contribution >= 4 is 11.9 Å². The molecule has 2 aromatic carbocycles. The van der Waals surface area contributed by atoms with Crippen molar-refractivity contribution < 1.29 is 19.1 Å². The Bertz CT molecular complexity index is 828. The second-order valence-electron chi connectivity index (χ2n) is 8.42. The molecule has 0 amide bonds. The van der Waals surface area contributed by atoms with Crippen molar-refractivity contribution in [2.45, 2.75) is 84.5 Å². The first-order valence-corrected chi connectivity index (χ1v) is 12.2. The number of esters is 2. The summed E-state index contributed by atoms with van der Waals surface area (Å²) in [4.78, 5) is 25.1. The molecule has 4 heteroatoms. The number of hydrogen-bond donors (Lipinski definition) is 0. The Hall–Kier alpha value is -2.62. The second-order valence-corrected chi connectivity index (χ2v) is 8.42. The van der Waals surface area contributed by atoms with E-state index in [1.54, 1.807) is 36.4 Å². The molecule has 0 unspecified atom stereocenters. The predicted octanol–water partition coefficient (Wildman–Crippen LogP) is 7.68. The molecule has 0 bridgehead atoms. The zero-order chi connectivity index (χ0) is 23.0. The van der Waals surface area contributed by atoms with Crippen molar-refractivity contribution in [1.29, 1.82) is 0 Å². The standard InChI is InChI=1S/C28H38O4/c1-3-4-5-6-7-8-9-10-11-12-15-21-31-27(29)25-19-13-14-20-26(25)28(30)32-24-18-16-17-23(2)22-24/h13-14,16-20,22H,3-12,15,21H2,1-2H3. The minimum Gasteiger partial charge on any atom is -0.462 e. The molecule has 174 valence electrons. The van der Waals surface area contributed by atoms with Crippen molar-refractivity contribution in [3.05, 3.63) is 65.2 Å². The van der Waals surface area contributed by atoms with Gasteiger partial charge in [-0.15, -0.1) is 0 Å². The van der Waals surface area contributed by atoms with Crippen LogP contribution in [0.5, 0.6) is 5.75 Å². The van der Waals surface area contributed by atoms with Gasteiger partial charge in [0.15, 0.2) is 0 Å². The highest BCUT2D eigenvalue weighted by molar-refractivity contribution is 6.03. The Kier molecular flexibility index (Phi) is 12.2. The van der Waals surface area contributed by atoms with E-state index < -0.39 is 11.9 Å². The number of benzene rings is 2. The number of rotatable bonds is 15. The van der Waals surface area contributed by atoms with Gasteiger partial charge in [-0.25, -0.2) is 9.59 Å². The third-order valence-corrected chi connectivity index (χ3v) is 5.55. The molecule has 2 aromatic rings. The van der Waals surface area contributed by atoms with E-state index in [4.69, 9.17) is 9.47 Å². The summed E-state index contributed by atoms with van der Waals surface area (Å²) >= 11 is 0. The van der Waals surface area contributed by atoms with Crippen LogP contribution in [-0.2, 0) is 4.74 Å². The van der Waals surface area contributed by atoms with Crippen LogP contribution in [0.4, 0.5) is 0 Å². The van der Waals surface area contributed by atoms with Crippen LogP contribution in [0.15, 0.2) is 48.5 Å². The fraction of sp³-hybridized carbons (Fsp3) is 0.500. The normalized spacial score (nSPS) is 10.7. The summed E-state index contributed by atoms with van der Waals surface area (Å²) in [7, 11) is 0. The van der Waals surface area contributed by atoms with E-state index in [1.807, 2.05) is 19.1 Å². The van der Waals surface area contributed by atoms with Gasteiger partial charge in [0.2, 0.25) is 0 Å². The molecule has 0 heterocycles. The molecule has 0 N–H and O–H groups in total. The van der Waals surface area contributed by atoms with Crippen molar-refractivity contribution in [3.8, 4) is 5.75 Å². The summed E-state index contributed by atoms with van der Waals surface area (Å²) < 4.78 is 10.9. The fourth-order valence-corrected chi connectivity index (χ4v) is 3.69. The monoisotopic (exact) mass is 438 g/mol. The van der Waals surface area contributed by atoms with Gasteiger partial charge in [0.1, 0.15) is 5.75 Å². The molecule has 0 saturated heterocycles. The predicted molar refractivity (Wildman–Crippen MR) is 129 cm³/mol. The smallest absolute Gasteiger partial charge is 0.344 e. The molecule has 0 aliphatic rings. The van der Waals surface area contributed by atoms with Gasteiger partial charge in [-0.3, -0.25) is 0 Å². The molecule has 0 aliphatic carbocycles. The van der Waals surface area contributed by atoms with Crippen LogP contribution < -0.4 is 4.74 Å². The van der Waals surface area contributed by atoms with Gasteiger partial charge in [-0.2, -0.15) is 0 Å². The van der Waals surface area contributed by atoms with Crippen LogP contribution in [0.2, 0.25) is 0 Å². The van der Waals surface area contributed by atoms with Crippen molar-refractivity contribution in [1.82, 2.24) is 0 Å². The first-order valence-electron chi connectivity index (χ1n) is 12.2. The lowest BCUT2D eigenvalue weighted by atomic mass is 10.1. The molecular weight excluding hydrogens is 400 g/mol. The van der Waals surface area contributed by atoms with Crippen LogP contribution in [0.1, 0.15) is 104 Å². The molecule has 32 heavy (non-hydrogen) atoms. The highest BCUT2D eigenvalue weighted by Crippen LogP contribution is 2.18. The number of hydrogen-bond acceptors (Lipinski definition) is 4. The van der Waals surface area contributed by atoms with Gasteiger partial charge < -0.3 is 9.47 Å². The van der Waals surface area contributed by atoms with Gasteiger partial charge in [0.05, 0.1) is 17.7 Å². The van der Waals surface area contributed by atoms with Crippen LogP contribution in [0, 0.1) is 6.92 Å². The number of unbranched alkanes of at least 4 members (excludes halogenated alkanes) is 10. The summed E-state index contributed by atoms with van der Waals surface area (Å²) in [5.74, 6) is -0.578. The average molecular weight is 439 g/mol. The lowest BCUT2D eigenvalue weighted by molar-refractivity contribution is 0.0489. The van der Waals surface area contributed by atoms with E-state index >= 15 is 0 Å². The maximum Gasteiger partial charge on any atom is 0.344 e. The Morgan fingerprint density at radius 3 is 1.84 bits per heavy atom. The Morgan fingerprint density at radius 2 is 1.25 bits per heavy atom. The quantitative estimate of drug-likeness (QED) is 0.162. The van der Waals surface area contributed by atoms with Gasteiger partial charge in [0.25, 0.3) is 0 Å². The first kappa shape index (κ1) is 25.6. The highest BCUT2D eigenvalue weighted by Gasteiger charge is 2.19. The van der Waals surface area contributed by atoms with Crippen molar-refractivity contribution in [2.75, 3.05) is 6.61 Å². The molecular formula is C28H38O4. The van der Waals surface area contributed by atoms with Gasteiger partial charge >= 0.3 is 11.9 Å². The number of aryl methyl sites for hydroxylation is 1. The van der Waals surface area contributed by atoms with Gasteiger partial charge in [-0.05, 0) is 43.2 Å². The summed E-state index contributed by atoms with van der Waals surface area (Å²) in [6.07, 6.45) is 13.7. The fourth-order valence-electron chi connectivity index (χ4n) is 3.69. The topological polar surface area (TPSA) is 52.6 Å². The Labute approximate surface area is 193 Å². The molecule has 0 aromatic heterocycles. The lowest BCUT2D eigenvalue weighted by Gasteiger charge is -2.10. The maximum absolute atomic E-state index is 12.6. The lowest BCUT2D eigenvalue weighted by Crippen LogP contribution is -2.16. The molecule has 0 fully saturated rings. The Morgan fingerprint density at radius 1 is 0.688 bits per heavy atom. The van der Waals surface area contributed by atoms with Crippen LogP contribution in [0.25, 0.3) is 0 Å². The third kappa shape index (κ3) is 9.67. The SMILES string of the molecule is CCCCCCCCCCCCCOC(=O)c1ccccc1C(=O)Oc1cccc(C)c1. The third-order valence-electron chi connectivity index (χ3n) is 5.55. The average Bonchev–Trinajstić information content (AvgIpc) is 2.79. The van der Waals surface area contributed by atoms with Gasteiger partial charge in [0, 0.05) is 0 Å². The zero-order valence-electron chi connectivity index (χ0n) is 19.7. The number of carbonyl (C=O) groups excluding carboxylic acids is 2. The number of ether oxygens (including phenoxy) is 2. The first-order chi connectivity index (χ1) is 15.6. The Balaban J connectivity index is 1.68. The molecule has 2 rings (SSSR count). The van der Waals surface area contributed by atoms with E-state index in [9.17, 15) is 9.59 Å². The zero-order valence-corrected chi connectivity index (χ0v) is 19.7. The molecule has 0 radical (unpaired) electrons.